The van der Waals surface area contributed by atoms with E-state index >= 15 is 0 Å². The molecule has 1 N–H and O–H groups in total. The molecule has 0 aromatic heterocycles. The van der Waals surface area contributed by atoms with Gasteiger partial charge in [-0.25, -0.2) is 0 Å². The summed E-state index contributed by atoms with van der Waals surface area (Å²) in [5, 5.41) is 9.53. The minimum atomic E-state index is -4.41. The number of nitrogens with zero attached hydrogens (tertiary/aromatic N) is 2. The summed E-state index contributed by atoms with van der Waals surface area (Å²) in [7, 11) is 0. The monoisotopic (exact) mass is 298 g/mol. The molecule has 0 bridgehead atoms. The highest BCUT2D eigenvalue weighted by Gasteiger charge is 2.29. The molecule has 0 saturated carbocycles. The second-order valence-electron chi connectivity index (χ2n) is 4.85. The summed E-state index contributed by atoms with van der Waals surface area (Å²) < 4.78 is 40.0. The van der Waals surface area contributed by atoms with Crippen LogP contribution in [0.25, 0.3) is 0 Å². The molecule has 1 aliphatic rings. The van der Waals surface area contributed by atoms with Gasteiger partial charge in [0.05, 0.1) is 6.10 Å². The van der Waals surface area contributed by atoms with Crippen molar-refractivity contribution < 1.29 is 27.8 Å². The Labute approximate surface area is 116 Å². The third-order valence-corrected chi connectivity index (χ3v) is 3.16. The number of hydrogen-bond acceptors (Lipinski definition) is 4. The number of aliphatic hydroxyl groups excluding tert-OH is 1. The third-order valence-electron chi connectivity index (χ3n) is 3.16. The maximum absolute atomic E-state index is 11.9. The van der Waals surface area contributed by atoms with Crippen LogP contribution in [-0.4, -0.2) is 79.0 Å². The first kappa shape index (κ1) is 17.2. The third kappa shape index (κ3) is 6.53. The molecule has 1 heterocycles. The Bertz CT molecular complexity index is 305. The Balaban J connectivity index is 2.22. The Morgan fingerprint density at radius 2 is 1.90 bits per heavy atom. The molecule has 0 aromatic rings. The number of piperazine rings is 1. The van der Waals surface area contributed by atoms with Gasteiger partial charge in [-0.3, -0.25) is 9.69 Å². The van der Waals surface area contributed by atoms with E-state index in [0.717, 1.165) is 0 Å². The molecule has 1 rings (SSSR count). The van der Waals surface area contributed by atoms with Gasteiger partial charge >= 0.3 is 6.18 Å². The summed E-state index contributed by atoms with van der Waals surface area (Å²) in [6.07, 6.45) is -4.12. The van der Waals surface area contributed by atoms with Crippen LogP contribution in [0.1, 0.15) is 13.3 Å². The van der Waals surface area contributed by atoms with Crippen LogP contribution in [0.15, 0.2) is 0 Å². The van der Waals surface area contributed by atoms with Gasteiger partial charge in [-0.1, -0.05) is 6.92 Å². The number of rotatable bonds is 6. The zero-order chi connectivity index (χ0) is 15.2. The van der Waals surface area contributed by atoms with Gasteiger partial charge in [0.2, 0.25) is 5.91 Å². The van der Waals surface area contributed by atoms with Gasteiger partial charge in [0.1, 0.15) is 13.2 Å². The molecular formula is C12H21F3N2O3. The largest absolute Gasteiger partial charge is 0.411 e. The smallest absolute Gasteiger partial charge is 0.392 e. The number of ether oxygens (including phenoxy) is 1. The van der Waals surface area contributed by atoms with Crippen molar-refractivity contribution in [2.45, 2.75) is 25.6 Å². The van der Waals surface area contributed by atoms with Gasteiger partial charge in [0.15, 0.2) is 0 Å². The van der Waals surface area contributed by atoms with Crippen molar-refractivity contribution in [3.63, 3.8) is 0 Å². The van der Waals surface area contributed by atoms with Crippen molar-refractivity contribution >= 4 is 5.91 Å². The molecule has 1 fully saturated rings. The highest BCUT2D eigenvalue weighted by molar-refractivity contribution is 5.77. The Morgan fingerprint density at radius 1 is 1.30 bits per heavy atom. The number of amides is 1. The molecule has 1 amide bonds. The SMILES string of the molecule is CCC(O)CN1CCN(C(=O)COCC(F)(F)F)CC1. The average molecular weight is 298 g/mol. The molecule has 1 atom stereocenters. The van der Waals surface area contributed by atoms with Gasteiger partial charge in [0.25, 0.3) is 0 Å². The highest BCUT2D eigenvalue weighted by atomic mass is 19.4. The van der Waals surface area contributed by atoms with E-state index in [1.165, 1.54) is 4.90 Å². The molecule has 0 spiro atoms. The normalized spacial score (nSPS) is 19.1. The lowest BCUT2D eigenvalue weighted by atomic mass is 10.2. The minimum Gasteiger partial charge on any atom is -0.392 e. The fraction of sp³-hybridized carbons (Fsp3) is 0.917. The standard InChI is InChI=1S/C12H21F3N2O3/c1-2-10(18)7-16-3-5-17(6-4-16)11(19)8-20-9-12(13,14)15/h10,18H,2-9H2,1H3. The van der Waals surface area contributed by atoms with Crippen LogP contribution in [0, 0.1) is 0 Å². The quantitative estimate of drug-likeness (QED) is 0.775. The summed E-state index contributed by atoms with van der Waals surface area (Å²) >= 11 is 0. The molecule has 1 saturated heterocycles. The Hall–Kier alpha value is -0.860. The van der Waals surface area contributed by atoms with E-state index in [0.29, 0.717) is 39.1 Å². The van der Waals surface area contributed by atoms with Crippen LogP contribution >= 0.6 is 0 Å². The number of alkyl halides is 3. The van der Waals surface area contributed by atoms with Crippen molar-refractivity contribution in [2.24, 2.45) is 0 Å². The second kappa shape index (κ2) is 7.80. The molecule has 1 unspecified atom stereocenters. The highest BCUT2D eigenvalue weighted by Crippen LogP contribution is 2.14. The van der Waals surface area contributed by atoms with Gasteiger partial charge < -0.3 is 14.7 Å². The number of carbonyl (C=O) groups is 1. The van der Waals surface area contributed by atoms with Crippen LogP contribution in [0.4, 0.5) is 13.2 Å². The second-order valence-corrected chi connectivity index (χ2v) is 4.85. The lowest BCUT2D eigenvalue weighted by Gasteiger charge is -2.35. The van der Waals surface area contributed by atoms with Crippen molar-refractivity contribution in [1.82, 2.24) is 9.80 Å². The molecule has 1 aliphatic heterocycles. The molecule has 0 radical (unpaired) electrons. The van der Waals surface area contributed by atoms with Crippen LogP contribution in [0.3, 0.4) is 0 Å². The van der Waals surface area contributed by atoms with Gasteiger partial charge in [-0.15, -0.1) is 0 Å². The first-order valence-electron chi connectivity index (χ1n) is 6.64. The Morgan fingerprint density at radius 3 is 2.40 bits per heavy atom. The zero-order valence-electron chi connectivity index (χ0n) is 11.5. The molecule has 5 nitrogen and oxygen atoms in total. The molecule has 20 heavy (non-hydrogen) atoms. The van der Waals surface area contributed by atoms with Gasteiger partial charge in [-0.05, 0) is 6.42 Å². The molecule has 118 valence electrons. The molecule has 0 aromatic carbocycles. The predicted octanol–water partition coefficient (Wildman–Crippen LogP) is 0.480. The number of hydrogen-bond donors (Lipinski definition) is 1. The first-order valence-corrected chi connectivity index (χ1v) is 6.64. The molecular weight excluding hydrogens is 277 g/mol. The van der Waals surface area contributed by atoms with Crippen molar-refractivity contribution in [2.75, 3.05) is 45.9 Å². The summed E-state index contributed by atoms with van der Waals surface area (Å²) in [6.45, 7) is 2.63. The van der Waals surface area contributed by atoms with E-state index in [-0.39, 0.29) is 6.10 Å². The maximum Gasteiger partial charge on any atom is 0.411 e. The number of β-amino-alcohol motifs (C(OH)–C–C–N with tert-alkyl or cyclic N) is 1. The van der Waals surface area contributed by atoms with Crippen molar-refractivity contribution in [1.29, 1.82) is 0 Å². The van der Waals surface area contributed by atoms with Crippen molar-refractivity contribution in [3.8, 4) is 0 Å². The summed E-state index contributed by atoms with van der Waals surface area (Å²) in [5.74, 6) is -0.426. The topological polar surface area (TPSA) is 53.0 Å². The zero-order valence-corrected chi connectivity index (χ0v) is 11.5. The van der Waals surface area contributed by atoms with Crippen LogP contribution < -0.4 is 0 Å². The van der Waals surface area contributed by atoms with E-state index in [1.54, 1.807) is 0 Å². The van der Waals surface area contributed by atoms with E-state index in [2.05, 4.69) is 4.74 Å². The lowest BCUT2D eigenvalue weighted by molar-refractivity contribution is -0.178. The first-order chi connectivity index (χ1) is 9.31. The molecule has 8 heteroatoms. The summed E-state index contributed by atoms with van der Waals surface area (Å²) in [4.78, 5) is 15.2. The van der Waals surface area contributed by atoms with Crippen LogP contribution in [0.5, 0.6) is 0 Å². The van der Waals surface area contributed by atoms with Gasteiger partial charge in [0, 0.05) is 32.7 Å². The maximum atomic E-state index is 11.9. The lowest BCUT2D eigenvalue weighted by Crippen LogP contribution is -2.51. The number of halogens is 3. The summed E-state index contributed by atoms with van der Waals surface area (Å²) in [6, 6.07) is 0. The van der Waals surface area contributed by atoms with Crippen LogP contribution in [-0.2, 0) is 9.53 Å². The van der Waals surface area contributed by atoms with E-state index < -0.39 is 25.3 Å². The summed E-state index contributed by atoms with van der Waals surface area (Å²) in [5.41, 5.74) is 0. The minimum absolute atomic E-state index is 0.382. The van der Waals surface area contributed by atoms with Crippen molar-refractivity contribution in [3.05, 3.63) is 0 Å². The fourth-order valence-electron chi connectivity index (χ4n) is 1.95. The van der Waals surface area contributed by atoms with E-state index in [9.17, 15) is 23.1 Å². The van der Waals surface area contributed by atoms with E-state index in [4.69, 9.17) is 0 Å². The predicted molar refractivity (Wildman–Crippen MR) is 66.2 cm³/mol. The number of aliphatic hydroxyl groups is 1. The fourth-order valence-corrected chi connectivity index (χ4v) is 1.95. The van der Waals surface area contributed by atoms with Gasteiger partial charge in [-0.2, -0.15) is 13.2 Å². The number of carbonyl (C=O) groups excluding carboxylic acids is 1. The van der Waals surface area contributed by atoms with E-state index in [1.807, 2.05) is 11.8 Å². The van der Waals surface area contributed by atoms with Crippen LogP contribution in [0.2, 0.25) is 0 Å². The molecule has 0 aliphatic carbocycles. The Kier molecular flexibility index (Phi) is 6.70. The average Bonchev–Trinajstić information content (AvgIpc) is 2.37.